The van der Waals surface area contributed by atoms with Crippen molar-refractivity contribution in [2.75, 3.05) is 17.3 Å². The van der Waals surface area contributed by atoms with Crippen molar-refractivity contribution in [2.24, 2.45) is 0 Å². The van der Waals surface area contributed by atoms with Crippen LogP contribution >= 0.6 is 23.5 Å². The Labute approximate surface area is 108 Å². The molecule has 2 N–H and O–H groups in total. The van der Waals surface area contributed by atoms with Crippen molar-refractivity contribution < 1.29 is 14.4 Å². The van der Waals surface area contributed by atoms with Crippen LogP contribution in [0.5, 0.6) is 0 Å². The first-order chi connectivity index (χ1) is 8.16. The molecule has 2 amide bonds. The molecular formula is C10H14N2O3S2. The molecular weight excluding hydrogens is 260 g/mol. The molecule has 2 saturated heterocycles. The molecule has 2 fully saturated rings. The van der Waals surface area contributed by atoms with Crippen molar-refractivity contribution in [3.05, 3.63) is 0 Å². The predicted molar refractivity (Wildman–Crippen MR) is 67.9 cm³/mol. The fraction of sp³-hybridized carbons (Fsp3) is 0.700. The molecule has 0 aromatic rings. The van der Waals surface area contributed by atoms with Gasteiger partial charge in [-0.25, -0.2) is 0 Å². The van der Waals surface area contributed by atoms with Gasteiger partial charge >= 0.3 is 0 Å². The first-order valence-corrected chi connectivity index (χ1v) is 7.65. The first-order valence-electron chi connectivity index (χ1n) is 5.51. The Morgan fingerprint density at radius 2 is 2.18 bits per heavy atom. The molecule has 0 spiro atoms. The molecule has 5 nitrogen and oxygen atoms in total. The molecule has 2 rings (SSSR count). The van der Waals surface area contributed by atoms with Crippen molar-refractivity contribution in [1.29, 1.82) is 0 Å². The van der Waals surface area contributed by atoms with Gasteiger partial charge in [-0.1, -0.05) is 11.8 Å². The van der Waals surface area contributed by atoms with Crippen LogP contribution in [-0.2, 0) is 14.4 Å². The van der Waals surface area contributed by atoms with Crippen LogP contribution in [0.1, 0.15) is 12.8 Å². The van der Waals surface area contributed by atoms with Crippen molar-refractivity contribution >= 4 is 40.5 Å². The zero-order chi connectivity index (χ0) is 12.3. The summed E-state index contributed by atoms with van der Waals surface area (Å²) in [6.45, 7) is 0. The van der Waals surface area contributed by atoms with E-state index in [0.717, 1.165) is 11.5 Å². The first kappa shape index (κ1) is 12.8. The van der Waals surface area contributed by atoms with Gasteiger partial charge in [-0.3, -0.25) is 14.4 Å². The number of hydrogen-bond donors (Lipinski definition) is 2. The largest absolute Gasteiger partial charge is 0.344 e. The van der Waals surface area contributed by atoms with Crippen molar-refractivity contribution in [3.8, 4) is 0 Å². The molecule has 0 aliphatic carbocycles. The second-order valence-electron chi connectivity index (χ2n) is 3.96. The Morgan fingerprint density at radius 3 is 2.88 bits per heavy atom. The molecule has 0 saturated carbocycles. The van der Waals surface area contributed by atoms with Crippen LogP contribution in [-0.4, -0.2) is 46.3 Å². The average molecular weight is 274 g/mol. The van der Waals surface area contributed by atoms with Crippen LogP contribution in [0.2, 0.25) is 0 Å². The van der Waals surface area contributed by atoms with Crippen LogP contribution in [0, 0.1) is 0 Å². The summed E-state index contributed by atoms with van der Waals surface area (Å²) in [7, 11) is 0. The van der Waals surface area contributed by atoms with E-state index < -0.39 is 6.04 Å². The second-order valence-corrected chi connectivity index (χ2v) is 6.21. The molecule has 0 aromatic carbocycles. The SMILES string of the molecule is O=C1CCSCC(C(=O)NC2CCSC2=O)N1. The molecule has 2 unspecified atom stereocenters. The fourth-order valence-corrected chi connectivity index (χ4v) is 3.61. The maximum atomic E-state index is 11.9. The van der Waals surface area contributed by atoms with E-state index in [-0.39, 0.29) is 23.0 Å². The smallest absolute Gasteiger partial charge is 0.244 e. The summed E-state index contributed by atoms with van der Waals surface area (Å²) in [6, 6.07) is -0.883. The highest BCUT2D eigenvalue weighted by Gasteiger charge is 2.30. The standard InChI is InChI=1S/C10H14N2O3S2/c13-8-2-3-16-5-7(11-8)9(14)12-6-1-4-17-10(6)15/h6-7H,1-5H2,(H,11,13)(H,12,14). The van der Waals surface area contributed by atoms with Crippen LogP contribution in [0.3, 0.4) is 0 Å². The van der Waals surface area contributed by atoms with Gasteiger partial charge in [0, 0.05) is 23.7 Å². The zero-order valence-electron chi connectivity index (χ0n) is 9.23. The maximum Gasteiger partial charge on any atom is 0.244 e. The Morgan fingerprint density at radius 1 is 1.35 bits per heavy atom. The fourth-order valence-electron chi connectivity index (χ4n) is 1.71. The van der Waals surface area contributed by atoms with E-state index in [2.05, 4.69) is 10.6 Å². The number of carbonyl (C=O) groups is 3. The van der Waals surface area contributed by atoms with Crippen molar-refractivity contribution in [3.63, 3.8) is 0 Å². The monoisotopic (exact) mass is 274 g/mol. The van der Waals surface area contributed by atoms with Gasteiger partial charge < -0.3 is 10.6 Å². The highest BCUT2D eigenvalue weighted by molar-refractivity contribution is 8.14. The molecule has 2 atom stereocenters. The minimum absolute atomic E-state index is 0.0194. The highest BCUT2D eigenvalue weighted by Crippen LogP contribution is 2.19. The number of thioether (sulfide) groups is 2. The van der Waals surface area contributed by atoms with Crippen LogP contribution in [0.4, 0.5) is 0 Å². The summed E-state index contributed by atoms with van der Waals surface area (Å²) in [4.78, 5) is 34.6. The Balaban J connectivity index is 1.89. The number of hydrogen-bond acceptors (Lipinski definition) is 5. The number of rotatable bonds is 2. The lowest BCUT2D eigenvalue weighted by Gasteiger charge is -2.17. The van der Waals surface area contributed by atoms with Gasteiger partial charge in [-0.2, -0.15) is 11.8 Å². The molecule has 17 heavy (non-hydrogen) atoms. The Kier molecular flexibility index (Phi) is 4.33. The van der Waals surface area contributed by atoms with Gasteiger partial charge in [0.2, 0.25) is 16.9 Å². The number of amides is 2. The van der Waals surface area contributed by atoms with E-state index in [1.807, 2.05) is 0 Å². The average Bonchev–Trinajstić information content (AvgIpc) is 2.57. The summed E-state index contributed by atoms with van der Waals surface area (Å²) in [5.74, 6) is 1.74. The summed E-state index contributed by atoms with van der Waals surface area (Å²) in [5, 5.41) is 5.41. The molecule has 2 heterocycles. The topological polar surface area (TPSA) is 75.3 Å². The lowest BCUT2D eigenvalue weighted by Crippen LogP contribution is -2.51. The quantitative estimate of drug-likeness (QED) is 0.727. The third kappa shape index (κ3) is 3.38. The third-order valence-electron chi connectivity index (χ3n) is 2.66. The maximum absolute atomic E-state index is 11.9. The van der Waals surface area contributed by atoms with Gasteiger partial charge in [-0.05, 0) is 6.42 Å². The lowest BCUT2D eigenvalue weighted by atomic mass is 10.2. The van der Waals surface area contributed by atoms with E-state index in [4.69, 9.17) is 0 Å². The molecule has 0 radical (unpaired) electrons. The van der Waals surface area contributed by atoms with Gasteiger partial charge in [0.15, 0.2) is 0 Å². The molecule has 0 aromatic heterocycles. The summed E-state index contributed by atoms with van der Waals surface area (Å²) in [5.41, 5.74) is 0. The summed E-state index contributed by atoms with van der Waals surface area (Å²) in [6.07, 6.45) is 1.13. The van der Waals surface area contributed by atoms with Gasteiger partial charge in [0.05, 0.1) is 6.04 Å². The molecule has 7 heteroatoms. The van der Waals surface area contributed by atoms with E-state index >= 15 is 0 Å². The third-order valence-corrected chi connectivity index (χ3v) is 4.73. The van der Waals surface area contributed by atoms with Crippen LogP contribution < -0.4 is 10.6 Å². The van der Waals surface area contributed by atoms with E-state index in [1.165, 1.54) is 11.8 Å². The predicted octanol–water partition coefficient (Wildman–Crippen LogP) is -0.244. The van der Waals surface area contributed by atoms with Gasteiger partial charge in [0.1, 0.15) is 6.04 Å². The number of nitrogens with one attached hydrogen (secondary N) is 2. The Bertz CT molecular complexity index is 348. The van der Waals surface area contributed by atoms with E-state index in [9.17, 15) is 14.4 Å². The molecule has 94 valence electrons. The zero-order valence-corrected chi connectivity index (χ0v) is 10.9. The summed E-state index contributed by atoms with van der Waals surface area (Å²) >= 11 is 2.83. The van der Waals surface area contributed by atoms with E-state index in [0.29, 0.717) is 18.6 Å². The molecule has 0 bridgehead atoms. The highest BCUT2D eigenvalue weighted by atomic mass is 32.2. The van der Waals surface area contributed by atoms with Crippen molar-refractivity contribution in [2.45, 2.75) is 24.9 Å². The lowest BCUT2D eigenvalue weighted by molar-refractivity contribution is -0.129. The van der Waals surface area contributed by atoms with E-state index in [1.54, 1.807) is 11.8 Å². The molecule has 2 aliphatic heterocycles. The Hall–Kier alpha value is -0.690. The van der Waals surface area contributed by atoms with Crippen LogP contribution in [0.25, 0.3) is 0 Å². The summed E-state index contributed by atoms with van der Waals surface area (Å²) < 4.78 is 0. The minimum atomic E-state index is -0.506. The number of carbonyl (C=O) groups excluding carboxylic acids is 3. The normalized spacial score (nSPS) is 29.6. The van der Waals surface area contributed by atoms with Crippen molar-refractivity contribution in [1.82, 2.24) is 10.6 Å². The molecule has 2 aliphatic rings. The minimum Gasteiger partial charge on any atom is -0.344 e. The van der Waals surface area contributed by atoms with Gasteiger partial charge in [-0.15, -0.1) is 0 Å². The second kappa shape index (κ2) is 5.77. The van der Waals surface area contributed by atoms with Crippen LogP contribution in [0.15, 0.2) is 0 Å². The van der Waals surface area contributed by atoms with Gasteiger partial charge in [0.25, 0.3) is 0 Å².